The molecule has 0 bridgehead atoms. The third kappa shape index (κ3) is 2.79. The maximum atomic E-state index is 12.9. The van der Waals surface area contributed by atoms with Crippen molar-refractivity contribution in [3.8, 4) is 11.6 Å². The number of benzene rings is 1. The first-order valence-electron chi connectivity index (χ1n) is 8.84. The standard InChI is InChI=1S/C21H21N3O2/c1-14-17(6-5-7-19(14)26-2)15-9-10-18-16(12-15)13-23-24(21(18)25)20-8-3-4-11-22-20/h3-8,11,13,15H,9-10,12H2,1-2H3. The van der Waals surface area contributed by atoms with Crippen LogP contribution in [-0.2, 0) is 12.8 Å². The van der Waals surface area contributed by atoms with Gasteiger partial charge in [-0.2, -0.15) is 9.78 Å². The zero-order valence-electron chi connectivity index (χ0n) is 15.0. The molecule has 5 heteroatoms. The van der Waals surface area contributed by atoms with E-state index in [0.29, 0.717) is 11.7 Å². The van der Waals surface area contributed by atoms with Crippen LogP contribution in [0, 0.1) is 6.92 Å². The van der Waals surface area contributed by atoms with Crippen LogP contribution in [0.2, 0.25) is 0 Å². The second kappa shape index (κ2) is 6.75. The van der Waals surface area contributed by atoms with E-state index in [-0.39, 0.29) is 5.56 Å². The van der Waals surface area contributed by atoms with Crippen LogP contribution < -0.4 is 10.3 Å². The van der Waals surface area contributed by atoms with Gasteiger partial charge >= 0.3 is 0 Å². The van der Waals surface area contributed by atoms with Crippen LogP contribution in [0.4, 0.5) is 0 Å². The summed E-state index contributed by atoms with van der Waals surface area (Å²) in [7, 11) is 1.70. The van der Waals surface area contributed by atoms with Crippen LogP contribution in [0.3, 0.4) is 0 Å². The largest absolute Gasteiger partial charge is 0.496 e. The topological polar surface area (TPSA) is 57.0 Å². The van der Waals surface area contributed by atoms with E-state index in [0.717, 1.165) is 36.1 Å². The average Bonchev–Trinajstić information content (AvgIpc) is 2.69. The first kappa shape index (κ1) is 16.5. The number of fused-ring (bicyclic) bond motifs is 1. The first-order valence-corrected chi connectivity index (χ1v) is 8.84. The van der Waals surface area contributed by atoms with E-state index in [9.17, 15) is 4.79 Å². The van der Waals surface area contributed by atoms with Gasteiger partial charge in [0, 0.05) is 11.8 Å². The van der Waals surface area contributed by atoms with Crippen molar-refractivity contribution in [3.63, 3.8) is 0 Å². The van der Waals surface area contributed by atoms with Gasteiger partial charge in [0.2, 0.25) is 0 Å². The molecule has 3 aromatic rings. The van der Waals surface area contributed by atoms with E-state index < -0.39 is 0 Å². The first-order chi connectivity index (χ1) is 12.7. The second-order valence-electron chi connectivity index (χ2n) is 6.67. The van der Waals surface area contributed by atoms with Gasteiger partial charge in [-0.25, -0.2) is 4.98 Å². The lowest BCUT2D eigenvalue weighted by Crippen LogP contribution is -2.30. The van der Waals surface area contributed by atoms with Gasteiger partial charge in [-0.3, -0.25) is 4.79 Å². The van der Waals surface area contributed by atoms with Gasteiger partial charge in [-0.1, -0.05) is 18.2 Å². The summed E-state index contributed by atoms with van der Waals surface area (Å²) in [4.78, 5) is 17.1. The monoisotopic (exact) mass is 347 g/mol. The molecule has 2 aromatic heterocycles. The lowest BCUT2D eigenvalue weighted by molar-refractivity contribution is 0.409. The normalized spacial score (nSPS) is 16.2. The molecular formula is C21H21N3O2. The molecule has 0 N–H and O–H groups in total. The van der Waals surface area contributed by atoms with Crippen LogP contribution in [0.15, 0.2) is 53.6 Å². The van der Waals surface area contributed by atoms with Crippen LogP contribution in [0.1, 0.15) is 34.6 Å². The minimum atomic E-state index is -0.0537. The Morgan fingerprint density at radius 3 is 2.85 bits per heavy atom. The van der Waals surface area contributed by atoms with E-state index in [1.807, 2.05) is 30.5 Å². The number of aromatic nitrogens is 3. The fraction of sp³-hybridized carbons (Fsp3) is 0.286. The Labute approximate surface area is 152 Å². The number of hydrogen-bond acceptors (Lipinski definition) is 4. The molecule has 0 saturated heterocycles. The summed E-state index contributed by atoms with van der Waals surface area (Å²) in [6.07, 6.45) is 6.03. The summed E-state index contributed by atoms with van der Waals surface area (Å²) >= 11 is 0. The van der Waals surface area contributed by atoms with Crippen molar-refractivity contribution < 1.29 is 4.74 Å². The quantitative estimate of drug-likeness (QED) is 0.730. The number of rotatable bonds is 3. The van der Waals surface area contributed by atoms with Gasteiger partial charge in [0.05, 0.1) is 13.3 Å². The van der Waals surface area contributed by atoms with Gasteiger partial charge in [-0.15, -0.1) is 0 Å². The van der Waals surface area contributed by atoms with Crippen LogP contribution in [0.25, 0.3) is 5.82 Å². The van der Waals surface area contributed by atoms with Crippen molar-refractivity contribution >= 4 is 0 Å². The Morgan fingerprint density at radius 1 is 1.19 bits per heavy atom. The zero-order chi connectivity index (χ0) is 18.1. The molecule has 2 heterocycles. The minimum absolute atomic E-state index is 0.0537. The van der Waals surface area contributed by atoms with Gasteiger partial charge in [-0.05, 0) is 67.0 Å². The number of nitrogens with zero attached hydrogens (tertiary/aromatic N) is 3. The molecule has 0 amide bonds. The Balaban J connectivity index is 1.69. The highest BCUT2D eigenvalue weighted by molar-refractivity contribution is 5.43. The molecule has 4 rings (SSSR count). The molecule has 132 valence electrons. The van der Waals surface area contributed by atoms with Crippen molar-refractivity contribution in [2.75, 3.05) is 7.11 Å². The molecule has 0 spiro atoms. The van der Waals surface area contributed by atoms with Crippen molar-refractivity contribution in [1.29, 1.82) is 0 Å². The molecule has 5 nitrogen and oxygen atoms in total. The Bertz CT molecular complexity index is 996. The summed E-state index contributed by atoms with van der Waals surface area (Å²) in [6.45, 7) is 2.10. The zero-order valence-corrected chi connectivity index (χ0v) is 15.0. The van der Waals surface area contributed by atoms with E-state index in [1.54, 1.807) is 19.4 Å². The molecule has 1 aromatic carbocycles. The Hall–Kier alpha value is -2.95. The molecule has 1 atom stereocenters. The summed E-state index contributed by atoms with van der Waals surface area (Å²) in [5, 5.41) is 4.36. The Morgan fingerprint density at radius 2 is 2.08 bits per heavy atom. The fourth-order valence-electron chi connectivity index (χ4n) is 3.85. The fourth-order valence-corrected chi connectivity index (χ4v) is 3.85. The Kier molecular flexibility index (Phi) is 4.29. The van der Waals surface area contributed by atoms with Crippen LogP contribution in [-0.4, -0.2) is 21.9 Å². The van der Waals surface area contributed by atoms with E-state index >= 15 is 0 Å². The highest BCUT2D eigenvalue weighted by Crippen LogP contribution is 2.35. The van der Waals surface area contributed by atoms with E-state index in [1.165, 1.54) is 15.8 Å². The van der Waals surface area contributed by atoms with E-state index in [4.69, 9.17) is 4.74 Å². The summed E-state index contributed by atoms with van der Waals surface area (Å²) in [5.74, 6) is 1.85. The molecule has 0 aliphatic heterocycles. The molecule has 0 radical (unpaired) electrons. The number of methoxy groups -OCH3 is 1. The molecule has 26 heavy (non-hydrogen) atoms. The third-order valence-electron chi connectivity index (χ3n) is 5.23. The van der Waals surface area contributed by atoms with Crippen molar-refractivity contribution in [3.05, 3.63) is 81.4 Å². The average molecular weight is 347 g/mol. The second-order valence-corrected chi connectivity index (χ2v) is 6.67. The highest BCUT2D eigenvalue weighted by atomic mass is 16.5. The number of ether oxygens (including phenoxy) is 1. The van der Waals surface area contributed by atoms with Crippen LogP contribution in [0.5, 0.6) is 5.75 Å². The van der Waals surface area contributed by atoms with Crippen molar-refractivity contribution in [1.82, 2.24) is 14.8 Å². The van der Waals surface area contributed by atoms with E-state index in [2.05, 4.69) is 23.1 Å². The molecule has 0 fully saturated rings. The van der Waals surface area contributed by atoms with Crippen molar-refractivity contribution in [2.24, 2.45) is 0 Å². The molecule has 0 saturated carbocycles. The smallest absolute Gasteiger partial charge is 0.276 e. The molecule has 1 aliphatic rings. The molecule has 1 aliphatic carbocycles. The molecular weight excluding hydrogens is 326 g/mol. The van der Waals surface area contributed by atoms with Gasteiger partial charge in [0.1, 0.15) is 5.75 Å². The van der Waals surface area contributed by atoms with Crippen molar-refractivity contribution in [2.45, 2.75) is 32.1 Å². The summed E-state index contributed by atoms with van der Waals surface area (Å²) in [6, 6.07) is 11.7. The predicted octanol–water partition coefficient (Wildman–Crippen LogP) is 3.22. The number of hydrogen-bond donors (Lipinski definition) is 0. The third-order valence-corrected chi connectivity index (χ3v) is 5.23. The maximum absolute atomic E-state index is 12.9. The maximum Gasteiger partial charge on any atom is 0.276 e. The predicted molar refractivity (Wildman–Crippen MR) is 100 cm³/mol. The SMILES string of the molecule is COc1cccc(C2CCc3c(cnn(-c4ccccn4)c3=O)C2)c1C. The summed E-state index contributed by atoms with van der Waals surface area (Å²) in [5.41, 5.74) is 4.33. The lowest BCUT2D eigenvalue weighted by atomic mass is 9.79. The summed E-state index contributed by atoms with van der Waals surface area (Å²) < 4.78 is 6.86. The lowest BCUT2D eigenvalue weighted by Gasteiger charge is -2.26. The van der Waals surface area contributed by atoms with Gasteiger partial charge in [0.25, 0.3) is 5.56 Å². The van der Waals surface area contributed by atoms with Crippen LogP contribution >= 0.6 is 0 Å². The highest BCUT2D eigenvalue weighted by Gasteiger charge is 2.25. The van der Waals surface area contributed by atoms with Gasteiger partial charge in [0.15, 0.2) is 5.82 Å². The molecule has 1 unspecified atom stereocenters. The number of pyridine rings is 1. The minimum Gasteiger partial charge on any atom is -0.496 e. The van der Waals surface area contributed by atoms with Gasteiger partial charge < -0.3 is 4.74 Å².